The minimum Gasteiger partial charge on any atom is -0.496 e. The molecule has 1 aromatic rings. The van der Waals surface area contributed by atoms with E-state index in [0.29, 0.717) is 6.54 Å². The molecule has 0 radical (unpaired) electrons. The molecule has 1 aliphatic rings. The van der Waals surface area contributed by atoms with E-state index in [0.717, 1.165) is 47.7 Å². The van der Waals surface area contributed by atoms with Gasteiger partial charge in [-0.15, -0.1) is 0 Å². The summed E-state index contributed by atoms with van der Waals surface area (Å²) in [6.45, 7) is 4.45. The zero-order valence-corrected chi connectivity index (χ0v) is 15.0. The Hall–Kier alpha value is -1.27. The number of rotatable bonds is 5. The molecule has 22 heavy (non-hydrogen) atoms. The van der Waals surface area contributed by atoms with Crippen molar-refractivity contribution in [1.29, 1.82) is 0 Å². The number of hydrogen-bond acceptors (Lipinski definition) is 3. The Bertz CT molecular complexity index is 528. The van der Waals surface area contributed by atoms with Crippen LogP contribution >= 0.6 is 15.9 Å². The zero-order valence-electron chi connectivity index (χ0n) is 13.4. The highest BCUT2D eigenvalue weighted by Crippen LogP contribution is 2.25. The monoisotopic (exact) mass is 369 g/mol. The summed E-state index contributed by atoms with van der Waals surface area (Å²) in [6, 6.07) is 6.02. The van der Waals surface area contributed by atoms with Crippen LogP contribution in [0.1, 0.15) is 25.3 Å². The van der Waals surface area contributed by atoms with Gasteiger partial charge in [0.15, 0.2) is 5.96 Å². The first kappa shape index (κ1) is 17.1. The molecule has 1 aromatic carbocycles. The maximum atomic E-state index is 5.77. The van der Waals surface area contributed by atoms with Crippen molar-refractivity contribution in [3.05, 3.63) is 28.2 Å². The van der Waals surface area contributed by atoms with Crippen molar-refractivity contribution >= 4 is 21.9 Å². The van der Waals surface area contributed by atoms with E-state index in [2.05, 4.69) is 38.5 Å². The number of ether oxygens (including phenoxy) is 2. The first-order valence-corrected chi connectivity index (χ1v) is 8.26. The number of aliphatic imine (C=N–C) groups is 1. The number of nitrogens with zero attached hydrogens (tertiary/aromatic N) is 1. The first-order valence-electron chi connectivity index (χ1n) is 7.47. The van der Waals surface area contributed by atoms with E-state index in [9.17, 15) is 0 Å². The Balaban J connectivity index is 1.84. The summed E-state index contributed by atoms with van der Waals surface area (Å²) < 4.78 is 12.0. The van der Waals surface area contributed by atoms with E-state index >= 15 is 0 Å². The number of nitrogens with one attached hydrogen (secondary N) is 2. The summed E-state index contributed by atoms with van der Waals surface area (Å²) in [4.78, 5) is 4.25. The minimum absolute atomic E-state index is 0.0826. The van der Waals surface area contributed by atoms with Gasteiger partial charge in [0, 0.05) is 26.7 Å². The molecule has 0 aliphatic carbocycles. The fraction of sp³-hybridized carbons (Fsp3) is 0.562. The van der Waals surface area contributed by atoms with Crippen LogP contribution in [0.5, 0.6) is 5.75 Å². The fourth-order valence-corrected chi connectivity index (χ4v) is 3.06. The van der Waals surface area contributed by atoms with Crippen molar-refractivity contribution in [2.24, 2.45) is 4.99 Å². The quantitative estimate of drug-likeness (QED) is 0.618. The van der Waals surface area contributed by atoms with E-state index < -0.39 is 0 Å². The molecule has 1 atom stereocenters. The summed E-state index contributed by atoms with van der Waals surface area (Å²) in [5.74, 6) is 1.61. The average Bonchev–Trinajstić information content (AvgIpc) is 2.94. The Labute approximate surface area is 140 Å². The third kappa shape index (κ3) is 4.61. The molecule has 1 saturated heterocycles. The van der Waals surface area contributed by atoms with Crippen molar-refractivity contribution in [1.82, 2.24) is 10.6 Å². The van der Waals surface area contributed by atoms with Crippen LogP contribution < -0.4 is 15.4 Å². The Morgan fingerprint density at radius 3 is 2.86 bits per heavy atom. The molecule has 0 aromatic heterocycles. The van der Waals surface area contributed by atoms with Crippen molar-refractivity contribution in [2.45, 2.75) is 31.9 Å². The van der Waals surface area contributed by atoms with Gasteiger partial charge in [-0.2, -0.15) is 0 Å². The van der Waals surface area contributed by atoms with Gasteiger partial charge < -0.3 is 20.1 Å². The molecule has 0 spiro atoms. The van der Waals surface area contributed by atoms with Crippen LogP contribution in [0.25, 0.3) is 0 Å². The van der Waals surface area contributed by atoms with Gasteiger partial charge in [0.1, 0.15) is 5.75 Å². The van der Waals surface area contributed by atoms with Gasteiger partial charge in [-0.3, -0.25) is 4.99 Å². The number of benzene rings is 1. The van der Waals surface area contributed by atoms with Gasteiger partial charge >= 0.3 is 0 Å². The van der Waals surface area contributed by atoms with Gasteiger partial charge in [0.25, 0.3) is 0 Å². The minimum atomic E-state index is -0.0826. The van der Waals surface area contributed by atoms with Crippen LogP contribution in [0.3, 0.4) is 0 Å². The van der Waals surface area contributed by atoms with E-state index in [1.165, 1.54) is 0 Å². The number of methoxy groups -OCH3 is 1. The summed E-state index contributed by atoms with van der Waals surface area (Å²) in [7, 11) is 3.44. The predicted octanol–water partition coefficient (Wildman–Crippen LogP) is 2.69. The Morgan fingerprint density at radius 1 is 1.45 bits per heavy atom. The smallest absolute Gasteiger partial charge is 0.191 e. The molecule has 1 fully saturated rings. The Morgan fingerprint density at radius 2 is 2.27 bits per heavy atom. The fourth-order valence-electron chi connectivity index (χ4n) is 2.47. The van der Waals surface area contributed by atoms with Crippen molar-refractivity contribution in [3.8, 4) is 5.75 Å². The summed E-state index contributed by atoms with van der Waals surface area (Å²) >= 11 is 3.50. The van der Waals surface area contributed by atoms with Gasteiger partial charge in [-0.05, 0) is 53.4 Å². The lowest BCUT2D eigenvalue weighted by atomic mass is 10.0. The molecule has 6 heteroatoms. The predicted molar refractivity (Wildman–Crippen MR) is 92.5 cm³/mol. The topological polar surface area (TPSA) is 54.9 Å². The average molecular weight is 370 g/mol. The second-order valence-corrected chi connectivity index (χ2v) is 6.50. The second-order valence-electron chi connectivity index (χ2n) is 5.65. The van der Waals surface area contributed by atoms with Crippen LogP contribution in [0, 0.1) is 0 Å². The highest BCUT2D eigenvalue weighted by atomic mass is 79.9. The number of hydrogen-bond donors (Lipinski definition) is 2. The third-order valence-corrected chi connectivity index (χ3v) is 4.45. The molecule has 0 saturated carbocycles. The zero-order chi connectivity index (χ0) is 16.0. The van der Waals surface area contributed by atoms with E-state index in [1.807, 2.05) is 18.2 Å². The highest BCUT2D eigenvalue weighted by molar-refractivity contribution is 9.10. The van der Waals surface area contributed by atoms with E-state index in [-0.39, 0.29) is 5.60 Å². The largest absolute Gasteiger partial charge is 0.496 e. The maximum Gasteiger partial charge on any atom is 0.191 e. The van der Waals surface area contributed by atoms with Gasteiger partial charge in [-0.1, -0.05) is 6.07 Å². The van der Waals surface area contributed by atoms with Crippen LogP contribution in [0.2, 0.25) is 0 Å². The summed E-state index contributed by atoms with van der Waals surface area (Å²) in [6.07, 6.45) is 2.21. The molecule has 5 nitrogen and oxygen atoms in total. The summed E-state index contributed by atoms with van der Waals surface area (Å²) in [5.41, 5.74) is 1.07. The number of halogens is 1. The van der Waals surface area contributed by atoms with Crippen LogP contribution in [-0.4, -0.2) is 38.9 Å². The highest BCUT2D eigenvalue weighted by Gasteiger charge is 2.29. The molecule has 1 heterocycles. The lowest BCUT2D eigenvalue weighted by molar-refractivity contribution is 0.0243. The molecular formula is C16H24BrN3O2. The molecule has 122 valence electrons. The normalized spacial score (nSPS) is 21.7. The SMILES string of the molecule is CN=C(NCc1ccc(OC)c(Br)c1)NCC1(C)CCCO1. The lowest BCUT2D eigenvalue weighted by Gasteiger charge is -2.24. The van der Waals surface area contributed by atoms with Gasteiger partial charge in [-0.25, -0.2) is 0 Å². The van der Waals surface area contributed by atoms with Crippen LogP contribution in [0.4, 0.5) is 0 Å². The molecule has 2 rings (SSSR count). The van der Waals surface area contributed by atoms with Crippen LogP contribution in [-0.2, 0) is 11.3 Å². The van der Waals surface area contributed by atoms with Crippen molar-refractivity contribution in [2.75, 3.05) is 27.3 Å². The summed E-state index contributed by atoms with van der Waals surface area (Å²) in [5, 5.41) is 6.65. The standard InChI is InChI=1S/C16H24BrN3O2/c1-16(7-4-8-22-16)11-20-15(18-2)19-10-12-5-6-14(21-3)13(17)9-12/h5-6,9H,4,7-8,10-11H2,1-3H3,(H2,18,19,20). The second kappa shape index (κ2) is 7.83. The molecule has 0 bridgehead atoms. The van der Waals surface area contributed by atoms with E-state index in [1.54, 1.807) is 14.2 Å². The Kier molecular flexibility index (Phi) is 6.08. The molecule has 1 aliphatic heterocycles. The molecule has 1 unspecified atom stereocenters. The van der Waals surface area contributed by atoms with Crippen LogP contribution in [0.15, 0.2) is 27.7 Å². The molecule has 0 amide bonds. The first-order chi connectivity index (χ1) is 10.6. The van der Waals surface area contributed by atoms with Gasteiger partial charge in [0.2, 0.25) is 0 Å². The lowest BCUT2D eigenvalue weighted by Crippen LogP contribution is -2.45. The molecule has 2 N–H and O–H groups in total. The van der Waals surface area contributed by atoms with Gasteiger partial charge in [0.05, 0.1) is 17.2 Å². The van der Waals surface area contributed by atoms with Crippen molar-refractivity contribution in [3.63, 3.8) is 0 Å². The van der Waals surface area contributed by atoms with E-state index in [4.69, 9.17) is 9.47 Å². The van der Waals surface area contributed by atoms with Crippen molar-refractivity contribution < 1.29 is 9.47 Å². The third-order valence-electron chi connectivity index (χ3n) is 3.83. The molecular weight excluding hydrogens is 346 g/mol. The number of guanidine groups is 1. The maximum absolute atomic E-state index is 5.77.